The average molecular weight is 218 g/mol. The number of hydrogen-bond donors (Lipinski definition) is 2. The first kappa shape index (κ1) is 11.6. The van der Waals surface area contributed by atoms with E-state index in [2.05, 4.69) is 55.7 Å². The van der Waals surface area contributed by atoms with Crippen LogP contribution in [-0.4, -0.2) is 19.6 Å². The van der Waals surface area contributed by atoms with Gasteiger partial charge in [-0.1, -0.05) is 45.0 Å². The van der Waals surface area contributed by atoms with E-state index >= 15 is 0 Å². The van der Waals surface area contributed by atoms with Gasteiger partial charge in [-0.2, -0.15) is 0 Å². The lowest BCUT2D eigenvalue weighted by Crippen LogP contribution is -2.43. The van der Waals surface area contributed by atoms with Crippen molar-refractivity contribution in [3.8, 4) is 0 Å². The maximum absolute atomic E-state index is 3.59. The molecule has 0 radical (unpaired) electrons. The molecule has 1 aliphatic heterocycles. The summed E-state index contributed by atoms with van der Waals surface area (Å²) in [7, 11) is 0. The molecule has 1 atom stereocenters. The number of piperazine rings is 1. The van der Waals surface area contributed by atoms with Crippen LogP contribution in [0.3, 0.4) is 0 Å². The van der Waals surface area contributed by atoms with Gasteiger partial charge in [-0.15, -0.1) is 0 Å². The zero-order chi connectivity index (χ0) is 11.6. The summed E-state index contributed by atoms with van der Waals surface area (Å²) >= 11 is 0. The van der Waals surface area contributed by atoms with Crippen LogP contribution in [0.15, 0.2) is 24.3 Å². The molecule has 0 saturated carbocycles. The number of nitrogens with one attached hydrogen (secondary N) is 2. The second kappa shape index (κ2) is 4.56. The number of rotatable bonds is 1. The molecule has 0 bridgehead atoms. The Bertz CT molecular complexity index is 346. The Hall–Kier alpha value is -0.860. The van der Waals surface area contributed by atoms with Crippen molar-refractivity contribution in [2.45, 2.75) is 32.2 Å². The van der Waals surface area contributed by atoms with Crippen molar-refractivity contribution < 1.29 is 0 Å². The van der Waals surface area contributed by atoms with Gasteiger partial charge >= 0.3 is 0 Å². The zero-order valence-corrected chi connectivity index (χ0v) is 10.5. The van der Waals surface area contributed by atoms with Crippen LogP contribution in [0.4, 0.5) is 0 Å². The monoisotopic (exact) mass is 218 g/mol. The van der Waals surface area contributed by atoms with Crippen LogP contribution >= 0.6 is 0 Å². The average Bonchev–Trinajstić information content (AvgIpc) is 2.29. The topological polar surface area (TPSA) is 24.1 Å². The molecule has 16 heavy (non-hydrogen) atoms. The Morgan fingerprint density at radius 2 is 1.88 bits per heavy atom. The first-order chi connectivity index (χ1) is 7.59. The Morgan fingerprint density at radius 1 is 1.12 bits per heavy atom. The minimum absolute atomic E-state index is 0.218. The number of benzene rings is 1. The lowest BCUT2D eigenvalue weighted by Gasteiger charge is -2.30. The molecule has 0 spiro atoms. The van der Waals surface area contributed by atoms with Gasteiger partial charge in [0.25, 0.3) is 0 Å². The molecule has 0 aliphatic carbocycles. The van der Waals surface area contributed by atoms with E-state index in [1.807, 2.05) is 0 Å². The molecule has 1 aliphatic rings. The Kier molecular flexibility index (Phi) is 3.31. The first-order valence-corrected chi connectivity index (χ1v) is 6.12. The summed E-state index contributed by atoms with van der Waals surface area (Å²) in [5, 5.41) is 7.03. The standard InChI is InChI=1S/C14H22N2/c1-14(2,3)12-7-5-4-6-11(12)13-10-15-8-9-16-13/h4-7,13,15-16H,8-10H2,1-3H3. The highest BCUT2D eigenvalue weighted by Gasteiger charge is 2.23. The third kappa shape index (κ3) is 2.45. The fourth-order valence-corrected chi connectivity index (χ4v) is 2.36. The SMILES string of the molecule is CC(C)(C)c1ccccc1C1CNCCN1. The summed E-state index contributed by atoms with van der Waals surface area (Å²) in [5.41, 5.74) is 3.12. The van der Waals surface area contributed by atoms with Crippen molar-refractivity contribution in [1.29, 1.82) is 0 Å². The van der Waals surface area contributed by atoms with E-state index in [4.69, 9.17) is 0 Å². The highest BCUT2D eigenvalue weighted by atomic mass is 15.1. The summed E-state index contributed by atoms with van der Waals surface area (Å²) in [4.78, 5) is 0. The smallest absolute Gasteiger partial charge is 0.0450 e. The Morgan fingerprint density at radius 3 is 2.50 bits per heavy atom. The van der Waals surface area contributed by atoms with Crippen LogP contribution in [0.1, 0.15) is 37.9 Å². The predicted molar refractivity (Wildman–Crippen MR) is 68.8 cm³/mol. The molecule has 1 fully saturated rings. The summed E-state index contributed by atoms with van der Waals surface area (Å²) < 4.78 is 0. The Labute approximate surface area is 98.4 Å². The van der Waals surface area contributed by atoms with Gasteiger partial charge in [-0.3, -0.25) is 0 Å². The third-order valence-corrected chi connectivity index (χ3v) is 3.19. The van der Waals surface area contributed by atoms with Crippen molar-refractivity contribution >= 4 is 0 Å². The molecule has 1 heterocycles. The van der Waals surface area contributed by atoms with Crippen LogP contribution in [0.25, 0.3) is 0 Å². The molecule has 2 N–H and O–H groups in total. The molecular weight excluding hydrogens is 196 g/mol. The van der Waals surface area contributed by atoms with Gasteiger partial charge in [0.15, 0.2) is 0 Å². The second-order valence-corrected chi connectivity index (χ2v) is 5.55. The molecule has 0 aromatic heterocycles. The van der Waals surface area contributed by atoms with E-state index in [1.54, 1.807) is 0 Å². The molecule has 2 rings (SSSR count). The lowest BCUT2D eigenvalue weighted by atomic mass is 9.81. The van der Waals surface area contributed by atoms with Crippen LogP contribution in [0.5, 0.6) is 0 Å². The summed E-state index contributed by atoms with van der Waals surface area (Å²) in [6, 6.07) is 9.25. The van der Waals surface area contributed by atoms with Gasteiger partial charge in [0.2, 0.25) is 0 Å². The van der Waals surface area contributed by atoms with E-state index < -0.39 is 0 Å². The molecule has 1 aromatic carbocycles. The van der Waals surface area contributed by atoms with Crippen LogP contribution in [0.2, 0.25) is 0 Å². The molecular formula is C14H22N2. The highest BCUT2D eigenvalue weighted by Crippen LogP contribution is 2.29. The molecule has 2 heteroatoms. The van der Waals surface area contributed by atoms with Crippen molar-refractivity contribution in [2.24, 2.45) is 0 Å². The first-order valence-electron chi connectivity index (χ1n) is 6.12. The summed E-state index contributed by atoms with van der Waals surface area (Å²) in [6.07, 6.45) is 0. The minimum atomic E-state index is 0.218. The van der Waals surface area contributed by atoms with Crippen LogP contribution in [-0.2, 0) is 5.41 Å². The fraction of sp³-hybridized carbons (Fsp3) is 0.571. The predicted octanol–water partition coefficient (Wildman–Crippen LogP) is 2.22. The molecule has 0 amide bonds. The van der Waals surface area contributed by atoms with Gasteiger partial charge in [0.05, 0.1) is 0 Å². The van der Waals surface area contributed by atoms with E-state index in [1.165, 1.54) is 11.1 Å². The number of hydrogen-bond acceptors (Lipinski definition) is 2. The summed E-state index contributed by atoms with van der Waals surface area (Å²) in [5.74, 6) is 0. The molecule has 1 unspecified atom stereocenters. The third-order valence-electron chi connectivity index (χ3n) is 3.19. The van der Waals surface area contributed by atoms with Crippen LogP contribution < -0.4 is 10.6 Å². The van der Waals surface area contributed by atoms with Gasteiger partial charge in [0, 0.05) is 25.7 Å². The maximum atomic E-state index is 3.59. The van der Waals surface area contributed by atoms with E-state index in [0.29, 0.717) is 6.04 Å². The van der Waals surface area contributed by atoms with E-state index in [-0.39, 0.29) is 5.41 Å². The van der Waals surface area contributed by atoms with Gasteiger partial charge in [-0.25, -0.2) is 0 Å². The molecule has 1 aromatic rings. The highest BCUT2D eigenvalue weighted by molar-refractivity contribution is 5.35. The van der Waals surface area contributed by atoms with E-state index in [0.717, 1.165) is 19.6 Å². The van der Waals surface area contributed by atoms with Gasteiger partial charge in [0.1, 0.15) is 0 Å². The molecule has 88 valence electrons. The largest absolute Gasteiger partial charge is 0.314 e. The van der Waals surface area contributed by atoms with Crippen LogP contribution in [0, 0.1) is 0 Å². The fourth-order valence-electron chi connectivity index (χ4n) is 2.36. The molecule has 1 saturated heterocycles. The van der Waals surface area contributed by atoms with Gasteiger partial charge < -0.3 is 10.6 Å². The van der Waals surface area contributed by atoms with Crippen molar-refractivity contribution in [3.63, 3.8) is 0 Å². The van der Waals surface area contributed by atoms with Crippen molar-refractivity contribution in [3.05, 3.63) is 35.4 Å². The molecule has 2 nitrogen and oxygen atoms in total. The van der Waals surface area contributed by atoms with Crippen molar-refractivity contribution in [1.82, 2.24) is 10.6 Å². The lowest BCUT2D eigenvalue weighted by molar-refractivity contribution is 0.422. The van der Waals surface area contributed by atoms with Gasteiger partial charge in [-0.05, 0) is 16.5 Å². The zero-order valence-electron chi connectivity index (χ0n) is 10.5. The van der Waals surface area contributed by atoms with Crippen molar-refractivity contribution in [2.75, 3.05) is 19.6 Å². The minimum Gasteiger partial charge on any atom is -0.314 e. The maximum Gasteiger partial charge on any atom is 0.0450 e. The normalized spacial score (nSPS) is 22.1. The summed E-state index contributed by atoms with van der Waals surface area (Å²) in [6.45, 7) is 10.0. The Balaban J connectivity index is 2.32. The second-order valence-electron chi connectivity index (χ2n) is 5.55. The quantitative estimate of drug-likeness (QED) is 0.755. The van der Waals surface area contributed by atoms with E-state index in [9.17, 15) is 0 Å².